The molecule has 1 unspecified atom stereocenters. The monoisotopic (exact) mass is 458 g/mol. The van der Waals surface area contributed by atoms with Crippen molar-refractivity contribution in [3.63, 3.8) is 0 Å². The first kappa shape index (κ1) is 21.4. The molecule has 0 aromatic heterocycles. The molecule has 2 aromatic rings. The van der Waals surface area contributed by atoms with Gasteiger partial charge in [-0.15, -0.1) is 0 Å². The number of hydrogen-bond donors (Lipinski definition) is 0. The molecule has 0 bridgehead atoms. The summed E-state index contributed by atoms with van der Waals surface area (Å²) in [4.78, 5) is 16.3. The summed E-state index contributed by atoms with van der Waals surface area (Å²) in [5, 5.41) is 0. The summed E-state index contributed by atoms with van der Waals surface area (Å²) >= 11 is 1.60. The maximum absolute atomic E-state index is 13.4. The van der Waals surface area contributed by atoms with Crippen molar-refractivity contribution in [2.75, 3.05) is 39.4 Å². The third kappa shape index (κ3) is 4.14. The highest BCUT2D eigenvalue weighted by Crippen LogP contribution is 2.39. The molecule has 2 aromatic carbocycles. The summed E-state index contributed by atoms with van der Waals surface area (Å²) in [7, 11) is 0. The molecule has 5 rings (SSSR count). The van der Waals surface area contributed by atoms with Crippen LogP contribution in [0.5, 0.6) is 5.75 Å². The number of amides is 1. The lowest BCUT2D eigenvalue weighted by Crippen LogP contribution is -2.55. The summed E-state index contributed by atoms with van der Waals surface area (Å²) < 4.78 is 36.7. The second-order valence-corrected chi connectivity index (χ2v) is 9.53. The molecule has 3 saturated heterocycles. The van der Waals surface area contributed by atoms with Crippen molar-refractivity contribution in [3.8, 4) is 5.75 Å². The zero-order valence-corrected chi connectivity index (χ0v) is 18.3. The Balaban J connectivity index is 1.15. The molecule has 0 spiro atoms. The van der Waals surface area contributed by atoms with Crippen LogP contribution < -0.4 is 4.74 Å². The fraction of sp³-hybridized carbons (Fsp3) is 0.375. The average molecular weight is 459 g/mol. The van der Waals surface area contributed by atoms with Crippen LogP contribution in [-0.4, -0.2) is 61.1 Å². The van der Waals surface area contributed by atoms with Crippen molar-refractivity contribution >= 4 is 17.9 Å². The van der Waals surface area contributed by atoms with Gasteiger partial charge in [0.15, 0.2) is 0 Å². The minimum atomic E-state index is -2.81. The van der Waals surface area contributed by atoms with Gasteiger partial charge in [-0.1, -0.05) is 30.3 Å². The zero-order valence-electron chi connectivity index (χ0n) is 17.5. The van der Waals surface area contributed by atoms with Crippen molar-refractivity contribution in [3.05, 3.63) is 71.3 Å². The lowest BCUT2D eigenvalue weighted by Gasteiger charge is -2.44. The molecular formula is C24H24F2N2O3S. The number of ether oxygens (including phenoxy) is 2. The Hall–Kier alpha value is -2.42. The fourth-order valence-electron chi connectivity index (χ4n) is 4.42. The van der Waals surface area contributed by atoms with Crippen molar-refractivity contribution in [1.29, 1.82) is 0 Å². The minimum Gasteiger partial charge on any atom is -0.435 e. The van der Waals surface area contributed by atoms with Crippen LogP contribution in [0, 0.1) is 0 Å². The van der Waals surface area contributed by atoms with E-state index in [2.05, 4.69) is 9.04 Å². The van der Waals surface area contributed by atoms with E-state index in [1.54, 1.807) is 36.2 Å². The molecule has 0 radical (unpaired) electrons. The number of carbonyl (C=O) groups excluding carboxylic acids is 1. The predicted octanol–water partition coefficient (Wildman–Crippen LogP) is 4.11. The van der Waals surface area contributed by atoms with Crippen LogP contribution in [0.2, 0.25) is 0 Å². The van der Waals surface area contributed by atoms with Gasteiger partial charge in [0.2, 0.25) is 5.91 Å². The first-order valence-corrected chi connectivity index (χ1v) is 11.4. The zero-order chi connectivity index (χ0) is 22.1. The molecule has 0 saturated carbocycles. The van der Waals surface area contributed by atoms with Crippen molar-refractivity contribution < 1.29 is 23.0 Å². The van der Waals surface area contributed by atoms with E-state index >= 15 is 0 Å². The van der Waals surface area contributed by atoms with Gasteiger partial charge in [0.05, 0.1) is 12.0 Å². The molecule has 3 aliphatic heterocycles. The minimum absolute atomic E-state index is 0.163. The molecule has 8 heteroatoms. The smallest absolute Gasteiger partial charge is 0.387 e. The Labute approximate surface area is 190 Å². The topological polar surface area (TPSA) is 42.0 Å². The molecule has 3 aliphatic rings. The maximum Gasteiger partial charge on any atom is 0.387 e. The normalized spacial score (nSPS) is 23.3. The van der Waals surface area contributed by atoms with Crippen LogP contribution in [-0.2, 0) is 14.9 Å². The SMILES string of the molecule is O=C(N1CC(=C2CN(Sc3ccc(OC(F)F)cc3)C2)C1)C1(c2ccccc2)CCOC1. The Morgan fingerprint density at radius 1 is 1.00 bits per heavy atom. The second-order valence-electron chi connectivity index (χ2n) is 8.36. The third-order valence-corrected chi connectivity index (χ3v) is 7.33. The molecule has 32 heavy (non-hydrogen) atoms. The number of rotatable bonds is 6. The number of hydrogen-bond acceptors (Lipinski definition) is 5. The van der Waals surface area contributed by atoms with E-state index in [0.717, 1.165) is 30.0 Å². The predicted molar refractivity (Wildman–Crippen MR) is 118 cm³/mol. The highest BCUT2D eigenvalue weighted by Gasteiger charge is 2.48. The van der Waals surface area contributed by atoms with Gasteiger partial charge in [-0.05, 0) is 59.3 Å². The van der Waals surface area contributed by atoms with E-state index in [-0.39, 0.29) is 11.7 Å². The maximum atomic E-state index is 13.4. The second kappa shape index (κ2) is 8.84. The summed E-state index contributed by atoms with van der Waals surface area (Å²) in [6.45, 7) is 1.35. The molecule has 1 amide bonds. The van der Waals surface area contributed by atoms with Gasteiger partial charge in [0.1, 0.15) is 5.75 Å². The number of likely N-dealkylation sites (tertiary alicyclic amines) is 1. The van der Waals surface area contributed by atoms with E-state index in [0.29, 0.717) is 26.3 Å². The van der Waals surface area contributed by atoms with E-state index in [9.17, 15) is 13.6 Å². The lowest BCUT2D eigenvalue weighted by molar-refractivity contribution is -0.139. The quantitative estimate of drug-likeness (QED) is 0.482. The Morgan fingerprint density at radius 3 is 2.31 bits per heavy atom. The Kier molecular flexibility index (Phi) is 5.92. The molecule has 1 atom stereocenters. The van der Waals surface area contributed by atoms with Crippen LogP contribution in [0.25, 0.3) is 0 Å². The summed E-state index contributed by atoms with van der Waals surface area (Å²) in [5.41, 5.74) is 3.22. The first-order chi connectivity index (χ1) is 15.5. The van der Waals surface area contributed by atoms with Crippen LogP contribution in [0.3, 0.4) is 0 Å². The average Bonchev–Trinajstić information content (AvgIpc) is 3.23. The van der Waals surface area contributed by atoms with Crippen molar-refractivity contribution in [2.24, 2.45) is 0 Å². The summed E-state index contributed by atoms with van der Waals surface area (Å²) in [6, 6.07) is 16.6. The van der Waals surface area contributed by atoms with Gasteiger partial charge in [-0.3, -0.25) is 4.79 Å². The standard InChI is InChI=1S/C24H24F2N2O3S/c25-23(26)31-20-6-8-21(9-7-20)32-28-14-18(15-28)17-12-27(13-17)22(29)24(10-11-30-16-24)19-4-2-1-3-5-19/h1-9,23H,10-16H2. The summed E-state index contributed by atoms with van der Waals surface area (Å²) in [5.74, 6) is 0.332. The molecule has 0 aliphatic carbocycles. The Bertz CT molecular complexity index is 992. The van der Waals surface area contributed by atoms with Crippen LogP contribution >= 0.6 is 11.9 Å². The number of nitrogens with zero attached hydrogens (tertiary/aromatic N) is 2. The van der Waals surface area contributed by atoms with Crippen molar-refractivity contribution in [1.82, 2.24) is 9.21 Å². The first-order valence-electron chi connectivity index (χ1n) is 10.6. The highest BCUT2D eigenvalue weighted by molar-refractivity contribution is 7.97. The molecule has 3 heterocycles. The molecule has 168 valence electrons. The Morgan fingerprint density at radius 2 is 1.69 bits per heavy atom. The van der Waals surface area contributed by atoms with Gasteiger partial charge >= 0.3 is 6.61 Å². The van der Waals surface area contributed by atoms with Gasteiger partial charge in [-0.25, -0.2) is 4.31 Å². The number of carbonyl (C=O) groups is 1. The fourth-order valence-corrected chi connectivity index (χ4v) is 5.42. The van der Waals surface area contributed by atoms with E-state index in [4.69, 9.17) is 4.74 Å². The third-order valence-electron chi connectivity index (χ3n) is 6.33. The summed E-state index contributed by atoms with van der Waals surface area (Å²) in [6.07, 6.45) is 0.726. The number of benzene rings is 2. The van der Waals surface area contributed by atoms with Gasteiger partial charge in [0, 0.05) is 37.7 Å². The van der Waals surface area contributed by atoms with Crippen LogP contribution in [0.4, 0.5) is 8.78 Å². The van der Waals surface area contributed by atoms with Crippen molar-refractivity contribution in [2.45, 2.75) is 23.3 Å². The largest absolute Gasteiger partial charge is 0.435 e. The van der Waals surface area contributed by atoms with Crippen LogP contribution in [0.15, 0.2) is 70.6 Å². The number of halogens is 2. The van der Waals surface area contributed by atoms with Crippen LogP contribution in [0.1, 0.15) is 12.0 Å². The molecule has 5 nitrogen and oxygen atoms in total. The highest BCUT2D eigenvalue weighted by atomic mass is 32.2. The van der Waals surface area contributed by atoms with Gasteiger partial charge in [-0.2, -0.15) is 8.78 Å². The van der Waals surface area contributed by atoms with E-state index in [1.165, 1.54) is 11.1 Å². The molecule has 3 fully saturated rings. The number of alkyl halides is 2. The lowest BCUT2D eigenvalue weighted by atomic mass is 9.77. The van der Waals surface area contributed by atoms with Gasteiger partial charge < -0.3 is 14.4 Å². The van der Waals surface area contributed by atoms with E-state index in [1.807, 2.05) is 35.2 Å². The molecular weight excluding hydrogens is 434 g/mol. The molecule has 0 N–H and O–H groups in total. The van der Waals surface area contributed by atoms with Gasteiger partial charge in [0.25, 0.3) is 0 Å². The van der Waals surface area contributed by atoms with E-state index < -0.39 is 12.0 Å².